The molecular weight excluding hydrogens is 246 g/mol. The van der Waals surface area contributed by atoms with Crippen LogP contribution >= 0.6 is 0 Å². The third-order valence-electron chi connectivity index (χ3n) is 2.55. The van der Waals surface area contributed by atoms with Crippen molar-refractivity contribution < 1.29 is 5.11 Å². The second kappa shape index (κ2) is 6.10. The van der Waals surface area contributed by atoms with Crippen molar-refractivity contribution in [2.75, 3.05) is 24.2 Å². The summed E-state index contributed by atoms with van der Waals surface area (Å²) in [6, 6.07) is 0. The SMILES string of the molecule is CCC(O)CNc1nc(NC)nc(-n2ccnc2)n1. The Morgan fingerprint density at radius 3 is 2.74 bits per heavy atom. The molecule has 0 aliphatic heterocycles. The van der Waals surface area contributed by atoms with Gasteiger partial charge in [-0.2, -0.15) is 15.0 Å². The van der Waals surface area contributed by atoms with Crippen LogP contribution in [0.1, 0.15) is 13.3 Å². The lowest BCUT2D eigenvalue weighted by atomic mass is 10.3. The molecule has 0 saturated heterocycles. The molecule has 2 aromatic heterocycles. The van der Waals surface area contributed by atoms with Gasteiger partial charge in [0.1, 0.15) is 6.33 Å². The first-order valence-corrected chi connectivity index (χ1v) is 6.07. The third-order valence-corrected chi connectivity index (χ3v) is 2.55. The third kappa shape index (κ3) is 3.38. The molecule has 0 saturated carbocycles. The number of nitrogens with one attached hydrogen (secondary N) is 2. The number of nitrogens with zero attached hydrogens (tertiary/aromatic N) is 5. The maximum absolute atomic E-state index is 9.53. The van der Waals surface area contributed by atoms with E-state index in [0.29, 0.717) is 30.8 Å². The van der Waals surface area contributed by atoms with E-state index in [2.05, 4.69) is 30.6 Å². The van der Waals surface area contributed by atoms with Gasteiger partial charge in [-0.25, -0.2) is 4.98 Å². The fraction of sp³-hybridized carbons (Fsp3) is 0.455. The van der Waals surface area contributed by atoms with Crippen molar-refractivity contribution in [2.24, 2.45) is 0 Å². The minimum atomic E-state index is -0.425. The fourth-order valence-electron chi connectivity index (χ4n) is 1.40. The molecule has 102 valence electrons. The average molecular weight is 263 g/mol. The Morgan fingerprint density at radius 2 is 2.11 bits per heavy atom. The monoisotopic (exact) mass is 263 g/mol. The molecule has 3 N–H and O–H groups in total. The van der Waals surface area contributed by atoms with E-state index in [0.717, 1.165) is 0 Å². The molecule has 0 radical (unpaired) electrons. The van der Waals surface area contributed by atoms with Gasteiger partial charge in [0.05, 0.1) is 6.10 Å². The quantitative estimate of drug-likeness (QED) is 0.688. The van der Waals surface area contributed by atoms with E-state index in [1.165, 1.54) is 0 Å². The summed E-state index contributed by atoms with van der Waals surface area (Å²) in [5, 5.41) is 15.4. The first kappa shape index (κ1) is 13.2. The van der Waals surface area contributed by atoms with Crippen molar-refractivity contribution in [3.05, 3.63) is 18.7 Å². The van der Waals surface area contributed by atoms with Crippen LogP contribution in [0.5, 0.6) is 0 Å². The zero-order chi connectivity index (χ0) is 13.7. The summed E-state index contributed by atoms with van der Waals surface area (Å²) in [5.41, 5.74) is 0. The summed E-state index contributed by atoms with van der Waals surface area (Å²) in [6.07, 6.45) is 5.26. The molecule has 2 rings (SSSR count). The topological polar surface area (TPSA) is 101 Å². The van der Waals surface area contributed by atoms with Crippen molar-refractivity contribution in [3.63, 3.8) is 0 Å². The first-order chi connectivity index (χ1) is 9.22. The molecular formula is C11H17N7O. The van der Waals surface area contributed by atoms with Crippen LogP contribution < -0.4 is 10.6 Å². The second-order valence-corrected chi connectivity index (χ2v) is 3.95. The number of anilines is 2. The Bertz CT molecular complexity index is 514. The van der Waals surface area contributed by atoms with Crippen molar-refractivity contribution in [3.8, 4) is 5.95 Å². The molecule has 0 aliphatic rings. The minimum Gasteiger partial charge on any atom is -0.391 e. The van der Waals surface area contributed by atoms with Gasteiger partial charge in [0, 0.05) is 26.0 Å². The highest BCUT2D eigenvalue weighted by Crippen LogP contribution is 2.08. The number of aromatic nitrogens is 5. The zero-order valence-electron chi connectivity index (χ0n) is 10.9. The molecule has 8 nitrogen and oxygen atoms in total. The summed E-state index contributed by atoms with van der Waals surface area (Å²) >= 11 is 0. The summed E-state index contributed by atoms with van der Waals surface area (Å²) in [4.78, 5) is 16.6. The van der Waals surface area contributed by atoms with E-state index < -0.39 is 6.10 Å². The summed E-state index contributed by atoms with van der Waals surface area (Å²) in [7, 11) is 1.73. The number of aliphatic hydroxyl groups is 1. The molecule has 0 aromatic carbocycles. The van der Waals surface area contributed by atoms with E-state index >= 15 is 0 Å². The number of imidazole rings is 1. The van der Waals surface area contributed by atoms with Gasteiger partial charge in [-0.3, -0.25) is 4.57 Å². The molecule has 2 aromatic rings. The van der Waals surface area contributed by atoms with Gasteiger partial charge in [-0.05, 0) is 6.42 Å². The van der Waals surface area contributed by atoms with Crippen LogP contribution in [-0.4, -0.2) is 49.3 Å². The highest BCUT2D eigenvalue weighted by atomic mass is 16.3. The normalized spacial score (nSPS) is 12.2. The lowest BCUT2D eigenvalue weighted by molar-refractivity contribution is 0.183. The molecule has 0 fully saturated rings. The molecule has 0 spiro atoms. The maximum Gasteiger partial charge on any atom is 0.241 e. The van der Waals surface area contributed by atoms with E-state index in [9.17, 15) is 5.11 Å². The van der Waals surface area contributed by atoms with Crippen LogP contribution in [0, 0.1) is 0 Å². The van der Waals surface area contributed by atoms with Crippen LogP contribution in [0.15, 0.2) is 18.7 Å². The van der Waals surface area contributed by atoms with E-state index in [1.54, 1.807) is 30.3 Å². The predicted octanol–water partition coefficient (Wildman–Crippen LogP) is 0.282. The van der Waals surface area contributed by atoms with Crippen LogP contribution in [0.4, 0.5) is 11.9 Å². The van der Waals surface area contributed by atoms with E-state index in [1.807, 2.05) is 6.92 Å². The number of aliphatic hydroxyl groups excluding tert-OH is 1. The van der Waals surface area contributed by atoms with Crippen molar-refractivity contribution in [2.45, 2.75) is 19.4 Å². The Labute approximate surface area is 111 Å². The lowest BCUT2D eigenvalue weighted by Crippen LogP contribution is -2.20. The molecule has 0 aliphatic carbocycles. The van der Waals surface area contributed by atoms with Gasteiger partial charge in [0.15, 0.2) is 0 Å². The smallest absolute Gasteiger partial charge is 0.241 e. The second-order valence-electron chi connectivity index (χ2n) is 3.95. The minimum absolute atomic E-state index is 0.396. The maximum atomic E-state index is 9.53. The number of hydrogen-bond acceptors (Lipinski definition) is 7. The highest BCUT2D eigenvalue weighted by molar-refractivity contribution is 5.37. The van der Waals surface area contributed by atoms with Crippen molar-refractivity contribution >= 4 is 11.9 Å². The molecule has 1 unspecified atom stereocenters. The molecule has 1 atom stereocenters. The van der Waals surface area contributed by atoms with Crippen LogP contribution in [0.25, 0.3) is 5.95 Å². The van der Waals surface area contributed by atoms with Gasteiger partial charge in [-0.1, -0.05) is 6.92 Å². The average Bonchev–Trinajstić information content (AvgIpc) is 2.98. The van der Waals surface area contributed by atoms with Gasteiger partial charge in [0.25, 0.3) is 0 Å². The number of hydrogen-bond donors (Lipinski definition) is 3. The largest absolute Gasteiger partial charge is 0.391 e. The highest BCUT2D eigenvalue weighted by Gasteiger charge is 2.08. The van der Waals surface area contributed by atoms with E-state index in [-0.39, 0.29) is 0 Å². The van der Waals surface area contributed by atoms with Gasteiger partial charge in [0.2, 0.25) is 17.8 Å². The number of rotatable bonds is 6. The Balaban J connectivity index is 2.21. The lowest BCUT2D eigenvalue weighted by Gasteiger charge is -2.11. The summed E-state index contributed by atoms with van der Waals surface area (Å²) < 4.78 is 1.68. The van der Waals surface area contributed by atoms with Crippen LogP contribution in [-0.2, 0) is 0 Å². The fourth-order valence-corrected chi connectivity index (χ4v) is 1.40. The summed E-state index contributed by atoms with van der Waals surface area (Å²) in [5.74, 6) is 1.33. The van der Waals surface area contributed by atoms with Gasteiger partial charge < -0.3 is 15.7 Å². The summed E-state index contributed by atoms with van der Waals surface area (Å²) in [6.45, 7) is 2.31. The molecule has 8 heteroatoms. The van der Waals surface area contributed by atoms with Crippen LogP contribution in [0.3, 0.4) is 0 Å². The van der Waals surface area contributed by atoms with Crippen molar-refractivity contribution in [1.29, 1.82) is 0 Å². The Morgan fingerprint density at radius 1 is 1.32 bits per heavy atom. The molecule has 2 heterocycles. The molecule has 0 bridgehead atoms. The Kier molecular flexibility index (Phi) is 4.24. The first-order valence-electron chi connectivity index (χ1n) is 6.07. The van der Waals surface area contributed by atoms with E-state index in [4.69, 9.17) is 0 Å². The van der Waals surface area contributed by atoms with Gasteiger partial charge in [-0.15, -0.1) is 0 Å². The molecule has 0 amide bonds. The predicted molar refractivity (Wildman–Crippen MR) is 71.3 cm³/mol. The van der Waals surface area contributed by atoms with Crippen LogP contribution in [0.2, 0.25) is 0 Å². The molecule has 19 heavy (non-hydrogen) atoms. The van der Waals surface area contributed by atoms with Crippen molar-refractivity contribution in [1.82, 2.24) is 24.5 Å². The zero-order valence-corrected chi connectivity index (χ0v) is 10.9. The Hall–Kier alpha value is -2.22. The van der Waals surface area contributed by atoms with Gasteiger partial charge >= 0.3 is 0 Å². The standard InChI is InChI=1S/C11H17N7O/c1-3-8(19)6-14-10-15-9(12-2)16-11(17-10)18-5-4-13-7-18/h4-5,7-8,19H,3,6H2,1-2H3,(H2,12,14,15,16,17).